The third-order valence-electron chi connectivity index (χ3n) is 3.16. The first kappa shape index (κ1) is 16.2. The van der Waals surface area contributed by atoms with E-state index in [4.69, 9.17) is 10.9 Å². The molecule has 0 heterocycles. The third kappa shape index (κ3) is 4.14. The van der Waals surface area contributed by atoms with Gasteiger partial charge in [0, 0.05) is 18.7 Å². The molecule has 0 atom stereocenters. The van der Waals surface area contributed by atoms with Crippen LogP contribution in [0.15, 0.2) is 53.4 Å². The predicted molar refractivity (Wildman–Crippen MR) is 83.3 cm³/mol. The highest BCUT2D eigenvalue weighted by Gasteiger charge is 2.08. The largest absolute Gasteiger partial charge is 0.348 e. The second kappa shape index (κ2) is 6.69. The number of carbonyl (C=O) groups excluding carboxylic acids is 1. The summed E-state index contributed by atoms with van der Waals surface area (Å²) in [6.45, 7) is 0.723. The van der Waals surface area contributed by atoms with Crippen LogP contribution >= 0.6 is 0 Å². The molecular weight excluding hydrogens is 302 g/mol. The van der Waals surface area contributed by atoms with Gasteiger partial charge in [-0.25, -0.2) is 13.6 Å². The minimum absolute atomic E-state index is 0.0416. The Morgan fingerprint density at radius 1 is 0.955 bits per heavy atom. The van der Waals surface area contributed by atoms with Crippen molar-refractivity contribution in [3.05, 3.63) is 65.2 Å². The monoisotopic (exact) mass is 319 g/mol. The Labute approximate surface area is 129 Å². The van der Waals surface area contributed by atoms with E-state index in [2.05, 4.69) is 5.32 Å². The fourth-order valence-electron chi connectivity index (χ4n) is 1.87. The zero-order chi connectivity index (χ0) is 16.2. The summed E-state index contributed by atoms with van der Waals surface area (Å²) in [5, 5.41) is 7.78. The van der Waals surface area contributed by atoms with Crippen LogP contribution in [0.3, 0.4) is 0 Å². The fraction of sp³-hybridized carbons (Fsp3) is 0.133. The lowest BCUT2D eigenvalue weighted by Crippen LogP contribution is -2.22. The average molecular weight is 319 g/mol. The number of benzene rings is 2. The highest BCUT2D eigenvalue weighted by atomic mass is 32.2. The normalized spacial score (nSPS) is 11.2. The van der Waals surface area contributed by atoms with Gasteiger partial charge in [-0.15, -0.1) is 0 Å². The lowest BCUT2D eigenvalue weighted by molar-refractivity contribution is 0.0951. The zero-order valence-electron chi connectivity index (χ0n) is 11.8. The number of primary sulfonamides is 1. The maximum absolute atomic E-state index is 12.0. The van der Waals surface area contributed by atoms with Crippen molar-refractivity contribution in [3.8, 4) is 0 Å². The summed E-state index contributed by atoms with van der Waals surface area (Å²) in [6, 6.07) is 13.1. The number of amides is 1. The minimum atomic E-state index is -3.70. The number of rotatable bonds is 5. The second-order valence-electron chi connectivity index (χ2n) is 4.77. The van der Waals surface area contributed by atoms with E-state index in [0.717, 1.165) is 11.1 Å². The summed E-state index contributed by atoms with van der Waals surface area (Å²) >= 11 is 0. The number of hydrogen-bond donors (Lipinski definition) is 3. The molecule has 0 fully saturated rings. The first-order valence-corrected chi connectivity index (χ1v) is 8.14. The smallest absolute Gasteiger partial charge is 0.251 e. The highest BCUT2D eigenvalue weighted by Crippen LogP contribution is 2.09. The number of carbonyl (C=O) groups is 1. The van der Waals surface area contributed by atoms with Crippen molar-refractivity contribution in [3.63, 3.8) is 0 Å². The molecular formula is C15H17N3O3S. The Bertz CT molecular complexity index is 754. The number of nitrogens with two attached hydrogens (primary N) is 2. The molecule has 1 amide bonds. The van der Waals surface area contributed by atoms with E-state index in [-0.39, 0.29) is 10.8 Å². The van der Waals surface area contributed by atoms with Crippen molar-refractivity contribution in [2.45, 2.75) is 18.0 Å². The van der Waals surface area contributed by atoms with Gasteiger partial charge in [0.1, 0.15) is 0 Å². The third-order valence-corrected chi connectivity index (χ3v) is 4.09. The number of sulfonamides is 1. The van der Waals surface area contributed by atoms with Crippen molar-refractivity contribution < 1.29 is 13.2 Å². The van der Waals surface area contributed by atoms with Crippen LogP contribution in [-0.2, 0) is 23.1 Å². The molecule has 0 saturated carbocycles. The Morgan fingerprint density at radius 3 is 2.00 bits per heavy atom. The van der Waals surface area contributed by atoms with Crippen molar-refractivity contribution in [1.82, 2.24) is 5.32 Å². The molecule has 2 aromatic carbocycles. The molecule has 0 saturated heterocycles. The lowest BCUT2D eigenvalue weighted by Gasteiger charge is -2.07. The molecule has 0 aromatic heterocycles. The van der Waals surface area contributed by atoms with Crippen molar-refractivity contribution in [1.29, 1.82) is 0 Å². The summed E-state index contributed by atoms with van der Waals surface area (Å²) in [6.07, 6.45) is 0. The first-order chi connectivity index (χ1) is 10.4. The van der Waals surface area contributed by atoms with Gasteiger partial charge < -0.3 is 11.1 Å². The van der Waals surface area contributed by atoms with Crippen LogP contribution in [0.1, 0.15) is 21.5 Å². The van der Waals surface area contributed by atoms with Crippen LogP contribution in [0.2, 0.25) is 0 Å². The van der Waals surface area contributed by atoms with Gasteiger partial charge in [0.15, 0.2) is 0 Å². The molecule has 5 N–H and O–H groups in total. The fourth-order valence-corrected chi connectivity index (χ4v) is 2.39. The maximum atomic E-state index is 12.0. The standard InChI is InChI=1S/C15H17N3O3S/c16-9-11-1-5-13(6-2-11)15(19)18-10-12-3-7-14(8-4-12)22(17,20)21/h1-8H,9-10,16H2,(H,18,19)(H2,17,20,21). The van der Waals surface area contributed by atoms with Crippen molar-refractivity contribution >= 4 is 15.9 Å². The van der Waals surface area contributed by atoms with Gasteiger partial charge in [0.2, 0.25) is 10.0 Å². The molecule has 116 valence electrons. The Morgan fingerprint density at radius 2 is 1.50 bits per heavy atom. The Kier molecular flexibility index (Phi) is 4.92. The van der Waals surface area contributed by atoms with E-state index in [1.54, 1.807) is 36.4 Å². The minimum Gasteiger partial charge on any atom is -0.348 e. The van der Waals surface area contributed by atoms with Gasteiger partial charge in [-0.2, -0.15) is 0 Å². The SMILES string of the molecule is NCc1ccc(C(=O)NCc2ccc(S(N)(=O)=O)cc2)cc1. The van der Waals surface area contributed by atoms with Crippen LogP contribution in [0.25, 0.3) is 0 Å². The topological polar surface area (TPSA) is 115 Å². The van der Waals surface area contributed by atoms with Gasteiger partial charge in [0.25, 0.3) is 5.91 Å². The maximum Gasteiger partial charge on any atom is 0.251 e. The van der Waals surface area contributed by atoms with Crippen LogP contribution in [0.5, 0.6) is 0 Å². The van der Waals surface area contributed by atoms with Gasteiger partial charge in [0.05, 0.1) is 4.90 Å². The van der Waals surface area contributed by atoms with Crippen molar-refractivity contribution in [2.24, 2.45) is 10.9 Å². The van der Waals surface area contributed by atoms with Crippen LogP contribution in [0, 0.1) is 0 Å². The van der Waals surface area contributed by atoms with Crippen LogP contribution in [0.4, 0.5) is 0 Å². The average Bonchev–Trinajstić information content (AvgIpc) is 2.52. The van der Waals surface area contributed by atoms with E-state index in [9.17, 15) is 13.2 Å². The molecule has 0 aliphatic rings. The number of nitrogens with one attached hydrogen (secondary N) is 1. The molecule has 0 unspecified atom stereocenters. The molecule has 0 aliphatic carbocycles. The quantitative estimate of drug-likeness (QED) is 0.753. The van der Waals surface area contributed by atoms with Crippen molar-refractivity contribution in [2.75, 3.05) is 0 Å². The summed E-state index contributed by atoms with van der Waals surface area (Å²) in [4.78, 5) is 12.0. The van der Waals surface area contributed by atoms with Gasteiger partial charge in [-0.05, 0) is 35.4 Å². The molecule has 0 radical (unpaired) electrons. The molecule has 22 heavy (non-hydrogen) atoms. The Balaban J connectivity index is 1.98. The predicted octanol–water partition coefficient (Wildman–Crippen LogP) is 0.723. The summed E-state index contributed by atoms with van der Waals surface area (Å²) in [7, 11) is -3.70. The molecule has 6 nitrogen and oxygen atoms in total. The first-order valence-electron chi connectivity index (χ1n) is 6.59. The van der Waals surface area contributed by atoms with E-state index in [1.165, 1.54) is 12.1 Å². The molecule has 0 aliphatic heterocycles. The summed E-state index contributed by atoms with van der Waals surface area (Å²) in [5.41, 5.74) is 7.77. The zero-order valence-corrected chi connectivity index (χ0v) is 12.6. The summed E-state index contributed by atoms with van der Waals surface area (Å²) in [5.74, 6) is -0.209. The molecule has 7 heteroatoms. The lowest BCUT2D eigenvalue weighted by atomic mass is 10.1. The molecule has 2 aromatic rings. The van der Waals surface area contributed by atoms with E-state index in [0.29, 0.717) is 18.7 Å². The van der Waals surface area contributed by atoms with Crippen LogP contribution in [-0.4, -0.2) is 14.3 Å². The highest BCUT2D eigenvalue weighted by molar-refractivity contribution is 7.89. The molecule has 2 rings (SSSR count). The van der Waals surface area contributed by atoms with E-state index < -0.39 is 10.0 Å². The second-order valence-corrected chi connectivity index (χ2v) is 6.33. The number of hydrogen-bond acceptors (Lipinski definition) is 4. The van der Waals surface area contributed by atoms with E-state index in [1.807, 2.05) is 0 Å². The van der Waals surface area contributed by atoms with Gasteiger partial charge in [-0.3, -0.25) is 4.79 Å². The van der Waals surface area contributed by atoms with Gasteiger partial charge in [-0.1, -0.05) is 24.3 Å². The van der Waals surface area contributed by atoms with Crippen LogP contribution < -0.4 is 16.2 Å². The Hall–Kier alpha value is -2.22. The molecule has 0 bridgehead atoms. The molecule has 0 spiro atoms. The van der Waals surface area contributed by atoms with E-state index >= 15 is 0 Å². The van der Waals surface area contributed by atoms with Gasteiger partial charge >= 0.3 is 0 Å². The summed E-state index contributed by atoms with van der Waals surface area (Å²) < 4.78 is 22.3.